The minimum atomic E-state index is -0.248. The van der Waals surface area contributed by atoms with Crippen molar-refractivity contribution in [3.05, 3.63) is 59.5 Å². The van der Waals surface area contributed by atoms with E-state index in [0.29, 0.717) is 11.3 Å². The molecule has 1 heterocycles. The predicted molar refractivity (Wildman–Crippen MR) is 74.2 cm³/mol. The molecule has 1 aromatic carbocycles. The van der Waals surface area contributed by atoms with Crippen LogP contribution in [0.2, 0.25) is 0 Å². The minimum Gasteiger partial charge on any atom is -0.469 e. The van der Waals surface area contributed by atoms with Gasteiger partial charge in [-0.1, -0.05) is 30.3 Å². The van der Waals surface area contributed by atoms with E-state index in [1.165, 1.54) is 11.8 Å². The normalized spacial score (nSPS) is 10.8. The molecule has 4 nitrogen and oxygen atoms in total. The van der Waals surface area contributed by atoms with Gasteiger partial charge >= 0.3 is 0 Å². The highest BCUT2D eigenvalue weighted by Gasteiger charge is 2.09. The Morgan fingerprint density at radius 1 is 1.32 bits per heavy atom. The molecule has 0 aliphatic carbocycles. The first-order valence-electron chi connectivity index (χ1n) is 6.17. The third kappa shape index (κ3) is 3.81. The van der Waals surface area contributed by atoms with E-state index < -0.39 is 0 Å². The standard InChI is InChI=1S/C15H16N2O2/c1-12-14(9-11-19-12)15(18)17-16-10-5-8-13-6-3-2-4-7-13/h2-4,6-7,9-11H,5,8H2,1H3,(H,17,18)/b16-10+. The van der Waals surface area contributed by atoms with E-state index in [2.05, 4.69) is 22.7 Å². The summed E-state index contributed by atoms with van der Waals surface area (Å²) in [5.74, 6) is 0.346. The lowest BCUT2D eigenvalue weighted by atomic mass is 10.1. The number of hydrazone groups is 1. The van der Waals surface area contributed by atoms with Gasteiger partial charge in [0.2, 0.25) is 0 Å². The molecule has 0 radical (unpaired) electrons. The van der Waals surface area contributed by atoms with Crippen LogP contribution in [0.15, 0.2) is 52.2 Å². The van der Waals surface area contributed by atoms with Crippen molar-refractivity contribution in [3.8, 4) is 0 Å². The van der Waals surface area contributed by atoms with Gasteiger partial charge in [-0.25, -0.2) is 5.43 Å². The number of benzene rings is 1. The van der Waals surface area contributed by atoms with E-state index in [9.17, 15) is 4.79 Å². The molecule has 1 aromatic heterocycles. The van der Waals surface area contributed by atoms with E-state index in [1.807, 2.05) is 18.2 Å². The molecule has 0 bridgehead atoms. The molecule has 1 N–H and O–H groups in total. The summed E-state index contributed by atoms with van der Waals surface area (Å²) in [5, 5.41) is 3.92. The van der Waals surface area contributed by atoms with Crippen LogP contribution in [-0.2, 0) is 6.42 Å². The number of hydrogen-bond acceptors (Lipinski definition) is 3. The Bertz CT molecular complexity index is 559. The Morgan fingerprint density at radius 3 is 2.79 bits per heavy atom. The Labute approximate surface area is 112 Å². The van der Waals surface area contributed by atoms with Gasteiger partial charge < -0.3 is 4.42 Å². The third-order valence-corrected chi connectivity index (χ3v) is 2.77. The van der Waals surface area contributed by atoms with Gasteiger partial charge in [0.1, 0.15) is 5.76 Å². The van der Waals surface area contributed by atoms with Gasteiger partial charge in [0.25, 0.3) is 5.91 Å². The smallest absolute Gasteiger partial charge is 0.274 e. The average molecular weight is 256 g/mol. The highest BCUT2D eigenvalue weighted by Crippen LogP contribution is 2.07. The molecule has 0 aliphatic heterocycles. The van der Waals surface area contributed by atoms with Crippen molar-refractivity contribution in [3.63, 3.8) is 0 Å². The number of carbonyl (C=O) groups is 1. The molecule has 0 aliphatic rings. The SMILES string of the molecule is Cc1occc1C(=O)N/N=C/CCc1ccccc1. The zero-order chi connectivity index (χ0) is 13.5. The molecule has 0 spiro atoms. The van der Waals surface area contributed by atoms with Crippen LogP contribution in [0.1, 0.15) is 28.1 Å². The number of carbonyl (C=O) groups excluding carboxylic acids is 1. The van der Waals surface area contributed by atoms with Gasteiger partial charge in [-0.2, -0.15) is 5.10 Å². The number of nitrogens with one attached hydrogen (secondary N) is 1. The second-order valence-corrected chi connectivity index (χ2v) is 4.17. The number of aryl methyl sites for hydroxylation is 2. The van der Waals surface area contributed by atoms with Crippen LogP contribution in [0.3, 0.4) is 0 Å². The third-order valence-electron chi connectivity index (χ3n) is 2.77. The first-order chi connectivity index (χ1) is 9.27. The molecule has 19 heavy (non-hydrogen) atoms. The van der Waals surface area contributed by atoms with Gasteiger partial charge in [-0.3, -0.25) is 4.79 Å². The van der Waals surface area contributed by atoms with E-state index in [-0.39, 0.29) is 5.91 Å². The summed E-state index contributed by atoms with van der Waals surface area (Å²) in [4.78, 5) is 11.7. The van der Waals surface area contributed by atoms with Crippen molar-refractivity contribution in [1.82, 2.24) is 5.43 Å². The van der Waals surface area contributed by atoms with Crippen LogP contribution in [0, 0.1) is 6.92 Å². The fourth-order valence-corrected chi connectivity index (χ4v) is 1.73. The van der Waals surface area contributed by atoms with Crippen LogP contribution in [-0.4, -0.2) is 12.1 Å². The zero-order valence-electron chi connectivity index (χ0n) is 10.8. The average Bonchev–Trinajstić information content (AvgIpc) is 2.86. The molecule has 1 amide bonds. The fraction of sp³-hybridized carbons (Fsp3) is 0.200. The number of rotatable bonds is 5. The number of furan rings is 1. The maximum atomic E-state index is 11.7. The van der Waals surface area contributed by atoms with Gasteiger partial charge in [-0.05, 0) is 31.4 Å². The maximum Gasteiger partial charge on any atom is 0.274 e. The van der Waals surface area contributed by atoms with Gasteiger partial charge in [0.05, 0.1) is 11.8 Å². The summed E-state index contributed by atoms with van der Waals surface area (Å²) in [6, 6.07) is 11.8. The Hall–Kier alpha value is -2.36. The largest absolute Gasteiger partial charge is 0.469 e. The molecule has 0 fully saturated rings. The zero-order valence-corrected chi connectivity index (χ0v) is 10.8. The van der Waals surface area contributed by atoms with Crippen LogP contribution in [0.25, 0.3) is 0 Å². The van der Waals surface area contributed by atoms with Gasteiger partial charge in [-0.15, -0.1) is 0 Å². The van der Waals surface area contributed by atoms with Crippen molar-refractivity contribution in [2.75, 3.05) is 0 Å². The highest BCUT2D eigenvalue weighted by molar-refractivity contribution is 5.95. The summed E-state index contributed by atoms with van der Waals surface area (Å²) in [7, 11) is 0. The lowest BCUT2D eigenvalue weighted by Gasteiger charge is -1.98. The second kappa shape index (κ2) is 6.54. The predicted octanol–water partition coefficient (Wildman–Crippen LogP) is 2.94. The van der Waals surface area contributed by atoms with Crippen LogP contribution in [0.5, 0.6) is 0 Å². The van der Waals surface area contributed by atoms with E-state index in [0.717, 1.165) is 12.8 Å². The van der Waals surface area contributed by atoms with E-state index in [1.54, 1.807) is 19.2 Å². The minimum absolute atomic E-state index is 0.248. The van der Waals surface area contributed by atoms with Crippen molar-refractivity contribution in [2.24, 2.45) is 5.10 Å². The summed E-state index contributed by atoms with van der Waals surface area (Å²) < 4.78 is 5.06. The quantitative estimate of drug-likeness (QED) is 0.660. The molecule has 0 unspecified atom stereocenters. The monoisotopic (exact) mass is 256 g/mol. The molecule has 2 aromatic rings. The molecule has 98 valence electrons. The summed E-state index contributed by atoms with van der Waals surface area (Å²) in [6.45, 7) is 1.74. The first-order valence-corrected chi connectivity index (χ1v) is 6.17. The summed E-state index contributed by atoms with van der Waals surface area (Å²) in [6.07, 6.45) is 4.89. The molecular formula is C15H16N2O2. The van der Waals surface area contributed by atoms with Crippen LogP contribution in [0.4, 0.5) is 0 Å². The first kappa shape index (κ1) is 13.1. The lowest BCUT2D eigenvalue weighted by Crippen LogP contribution is -2.17. The van der Waals surface area contributed by atoms with Crippen LogP contribution >= 0.6 is 0 Å². The van der Waals surface area contributed by atoms with Gasteiger partial charge in [0, 0.05) is 6.21 Å². The van der Waals surface area contributed by atoms with E-state index >= 15 is 0 Å². The van der Waals surface area contributed by atoms with E-state index in [4.69, 9.17) is 4.42 Å². The number of hydrogen-bond donors (Lipinski definition) is 1. The number of amides is 1. The lowest BCUT2D eigenvalue weighted by molar-refractivity contribution is 0.0953. The molecule has 0 saturated carbocycles. The molecular weight excluding hydrogens is 240 g/mol. The summed E-state index contributed by atoms with van der Waals surface area (Å²) in [5.41, 5.74) is 4.25. The Morgan fingerprint density at radius 2 is 2.11 bits per heavy atom. The molecule has 0 atom stereocenters. The Kier molecular flexibility index (Phi) is 4.50. The highest BCUT2D eigenvalue weighted by atomic mass is 16.3. The topological polar surface area (TPSA) is 54.6 Å². The fourth-order valence-electron chi connectivity index (χ4n) is 1.73. The molecule has 2 rings (SSSR count). The molecule has 4 heteroatoms. The van der Waals surface area contributed by atoms with Crippen molar-refractivity contribution in [1.29, 1.82) is 0 Å². The van der Waals surface area contributed by atoms with Crippen molar-refractivity contribution in [2.45, 2.75) is 19.8 Å². The Balaban J connectivity index is 1.75. The molecule has 0 saturated heterocycles. The van der Waals surface area contributed by atoms with Crippen molar-refractivity contribution < 1.29 is 9.21 Å². The second-order valence-electron chi connectivity index (χ2n) is 4.17. The number of nitrogens with zero attached hydrogens (tertiary/aromatic N) is 1. The maximum absolute atomic E-state index is 11.7. The van der Waals surface area contributed by atoms with Crippen LogP contribution < -0.4 is 5.43 Å². The van der Waals surface area contributed by atoms with Crippen molar-refractivity contribution >= 4 is 12.1 Å². The summed E-state index contributed by atoms with van der Waals surface area (Å²) >= 11 is 0. The van der Waals surface area contributed by atoms with Gasteiger partial charge in [0.15, 0.2) is 0 Å².